The number of rotatable bonds is 7. The fraction of sp³-hybridized carbons (Fsp3) is 0.190. The third kappa shape index (κ3) is 5.70. The number of sulfonamides is 1. The molecule has 10 heteroatoms. The second-order valence-corrected chi connectivity index (χ2v) is 8.54. The predicted octanol–water partition coefficient (Wildman–Crippen LogP) is 3.28. The molecule has 0 aliphatic rings. The maximum absolute atomic E-state index is 12.7. The molecule has 0 saturated heterocycles. The highest BCUT2D eigenvalue weighted by molar-refractivity contribution is 7.92. The average molecular weight is 443 g/mol. The van der Waals surface area contributed by atoms with E-state index in [9.17, 15) is 18.0 Å². The highest BCUT2D eigenvalue weighted by Crippen LogP contribution is 2.18. The molecule has 0 bridgehead atoms. The number of amides is 1. The summed E-state index contributed by atoms with van der Waals surface area (Å²) in [4.78, 5) is 24.5. The van der Waals surface area contributed by atoms with Crippen LogP contribution in [-0.4, -0.2) is 31.6 Å². The highest BCUT2D eigenvalue weighted by atomic mass is 32.2. The topological polar surface area (TPSA) is 128 Å². The molecule has 1 aromatic heterocycles. The van der Waals surface area contributed by atoms with Crippen molar-refractivity contribution in [2.75, 3.05) is 10.0 Å². The number of aromatic nitrogens is 1. The van der Waals surface area contributed by atoms with Gasteiger partial charge < -0.3 is 14.6 Å². The van der Waals surface area contributed by atoms with Crippen molar-refractivity contribution in [1.29, 1.82) is 0 Å². The van der Waals surface area contributed by atoms with Crippen LogP contribution < -0.4 is 10.0 Å². The first-order valence-electron chi connectivity index (χ1n) is 9.29. The van der Waals surface area contributed by atoms with Crippen LogP contribution in [0.2, 0.25) is 0 Å². The number of esters is 1. The maximum Gasteiger partial charge on any atom is 0.338 e. The fourth-order valence-electron chi connectivity index (χ4n) is 2.56. The van der Waals surface area contributed by atoms with Crippen molar-refractivity contribution >= 4 is 33.4 Å². The van der Waals surface area contributed by atoms with E-state index in [1.165, 1.54) is 37.3 Å². The first kappa shape index (κ1) is 22.0. The summed E-state index contributed by atoms with van der Waals surface area (Å²) in [5.41, 5.74) is 1.38. The first-order chi connectivity index (χ1) is 14.6. The lowest BCUT2D eigenvalue weighted by Gasteiger charge is -2.13. The van der Waals surface area contributed by atoms with Crippen molar-refractivity contribution in [3.8, 4) is 0 Å². The van der Waals surface area contributed by atoms with E-state index in [1.54, 1.807) is 31.2 Å². The number of nitrogens with one attached hydrogen (secondary N) is 2. The molecule has 3 rings (SSSR count). The van der Waals surface area contributed by atoms with Crippen LogP contribution in [0.15, 0.2) is 64.0 Å². The second-order valence-electron chi connectivity index (χ2n) is 6.86. The monoisotopic (exact) mass is 443 g/mol. The summed E-state index contributed by atoms with van der Waals surface area (Å²) in [6.07, 6.45) is -1.14. The van der Waals surface area contributed by atoms with Gasteiger partial charge in [0.05, 0.1) is 10.5 Å². The van der Waals surface area contributed by atoms with Crippen molar-refractivity contribution in [3.05, 3.63) is 71.5 Å². The first-order valence-corrected chi connectivity index (χ1v) is 10.8. The van der Waals surface area contributed by atoms with Crippen molar-refractivity contribution in [3.63, 3.8) is 0 Å². The van der Waals surface area contributed by atoms with E-state index in [1.807, 2.05) is 6.92 Å². The van der Waals surface area contributed by atoms with Gasteiger partial charge in [0.25, 0.3) is 15.9 Å². The van der Waals surface area contributed by atoms with Crippen molar-refractivity contribution < 1.29 is 27.3 Å². The van der Waals surface area contributed by atoms with Crippen LogP contribution in [0.4, 0.5) is 11.5 Å². The predicted molar refractivity (Wildman–Crippen MR) is 113 cm³/mol. The van der Waals surface area contributed by atoms with Crippen LogP contribution in [0.3, 0.4) is 0 Å². The van der Waals surface area contributed by atoms with Crippen LogP contribution in [-0.2, 0) is 19.6 Å². The summed E-state index contributed by atoms with van der Waals surface area (Å²) in [5, 5.41) is 6.09. The Morgan fingerprint density at radius 3 is 2.42 bits per heavy atom. The highest BCUT2D eigenvalue weighted by Gasteiger charge is 2.22. The summed E-state index contributed by atoms with van der Waals surface area (Å²) in [5.74, 6) is -0.740. The summed E-state index contributed by atoms with van der Waals surface area (Å²) >= 11 is 0. The van der Waals surface area contributed by atoms with Crippen LogP contribution in [0, 0.1) is 13.8 Å². The Morgan fingerprint density at radius 2 is 1.77 bits per heavy atom. The zero-order chi connectivity index (χ0) is 22.6. The molecule has 1 atom stereocenters. The van der Waals surface area contributed by atoms with Crippen LogP contribution in [0.5, 0.6) is 0 Å². The van der Waals surface area contributed by atoms with Gasteiger partial charge >= 0.3 is 5.97 Å². The van der Waals surface area contributed by atoms with Gasteiger partial charge in [-0.2, -0.15) is 0 Å². The quantitative estimate of drug-likeness (QED) is 0.536. The molecule has 3 aromatic rings. The Hall–Kier alpha value is -3.66. The molecule has 9 nitrogen and oxygen atoms in total. The number of hydrogen-bond acceptors (Lipinski definition) is 7. The van der Waals surface area contributed by atoms with E-state index in [-0.39, 0.29) is 16.3 Å². The Kier molecular flexibility index (Phi) is 6.40. The van der Waals surface area contributed by atoms with Gasteiger partial charge in [0, 0.05) is 11.8 Å². The van der Waals surface area contributed by atoms with Crippen LogP contribution in [0.25, 0.3) is 0 Å². The molecule has 31 heavy (non-hydrogen) atoms. The van der Waals surface area contributed by atoms with Gasteiger partial charge in [-0.05, 0) is 51.1 Å². The number of nitrogens with zero attached hydrogens (tertiary/aromatic N) is 1. The van der Waals surface area contributed by atoms with Crippen molar-refractivity contribution in [2.45, 2.75) is 31.8 Å². The van der Waals surface area contributed by atoms with E-state index in [0.717, 1.165) is 5.56 Å². The molecular weight excluding hydrogens is 422 g/mol. The zero-order valence-electron chi connectivity index (χ0n) is 17.1. The third-order valence-corrected chi connectivity index (χ3v) is 5.60. The van der Waals surface area contributed by atoms with Gasteiger partial charge in [0.15, 0.2) is 11.9 Å². The van der Waals surface area contributed by atoms with E-state index in [0.29, 0.717) is 11.4 Å². The van der Waals surface area contributed by atoms with Gasteiger partial charge in [0.2, 0.25) is 0 Å². The minimum atomic E-state index is -3.92. The molecule has 0 fully saturated rings. The summed E-state index contributed by atoms with van der Waals surface area (Å²) < 4.78 is 37.8. The standard InChI is InChI=1S/C21H21N3O6S/c1-13-7-9-17(10-8-13)24-31(27,28)18-6-4-5-16(12-18)21(26)29-15(3)20(25)22-19-11-14(2)30-23-19/h4-12,15,24H,1-3H3,(H,22,23,25). The molecule has 0 aliphatic heterocycles. The summed E-state index contributed by atoms with van der Waals surface area (Å²) in [6.45, 7) is 4.95. The number of carbonyl (C=O) groups excluding carboxylic acids is 2. The molecule has 0 spiro atoms. The molecule has 1 amide bonds. The average Bonchev–Trinajstić information content (AvgIpc) is 3.14. The lowest BCUT2D eigenvalue weighted by Crippen LogP contribution is -2.30. The van der Waals surface area contributed by atoms with Gasteiger partial charge in [-0.25, -0.2) is 13.2 Å². The number of anilines is 2. The molecule has 1 unspecified atom stereocenters. The Bertz CT molecular complexity index is 1200. The van der Waals surface area contributed by atoms with Crippen LogP contribution >= 0.6 is 0 Å². The largest absolute Gasteiger partial charge is 0.449 e. The van der Waals surface area contributed by atoms with Crippen molar-refractivity contribution in [2.24, 2.45) is 0 Å². The third-order valence-electron chi connectivity index (χ3n) is 4.22. The number of carbonyl (C=O) groups is 2. The number of aryl methyl sites for hydroxylation is 2. The molecule has 0 aliphatic carbocycles. The fourth-order valence-corrected chi connectivity index (χ4v) is 3.67. The van der Waals surface area contributed by atoms with Gasteiger partial charge in [-0.15, -0.1) is 0 Å². The van der Waals surface area contributed by atoms with E-state index in [2.05, 4.69) is 15.2 Å². The molecule has 162 valence electrons. The number of ether oxygens (including phenoxy) is 1. The minimum absolute atomic E-state index is 0.0105. The van der Waals surface area contributed by atoms with Gasteiger partial charge in [-0.1, -0.05) is 28.9 Å². The van der Waals surface area contributed by atoms with Gasteiger partial charge in [0.1, 0.15) is 5.76 Å². The number of benzene rings is 2. The maximum atomic E-state index is 12.7. The second kappa shape index (κ2) is 9.00. The van der Waals surface area contributed by atoms with E-state index in [4.69, 9.17) is 9.26 Å². The van der Waals surface area contributed by atoms with Gasteiger partial charge in [-0.3, -0.25) is 9.52 Å². The molecule has 2 aromatic carbocycles. The molecule has 0 radical (unpaired) electrons. The number of hydrogen-bond donors (Lipinski definition) is 2. The Balaban J connectivity index is 1.68. The molecule has 0 saturated carbocycles. The lowest BCUT2D eigenvalue weighted by molar-refractivity contribution is -0.123. The van der Waals surface area contributed by atoms with Crippen molar-refractivity contribution in [1.82, 2.24) is 5.16 Å². The van der Waals surface area contributed by atoms with E-state index < -0.39 is 28.0 Å². The SMILES string of the molecule is Cc1ccc(NS(=O)(=O)c2cccc(C(=O)OC(C)C(=O)Nc3cc(C)on3)c2)cc1. The summed E-state index contributed by atoms with van der Waals surface area (Å²) in [6, 6.07) is 13.7. The molecule has 2 N–H and O–H groups in total. The Labute approximate surface area is 179 Å². The molecular formula is C21H21N3O6S. The lowest BCUT2D eigenvalue weighted by atomic mass is 10.2. The van der Waals surface area contributed by atoms with E-state index >= 15 is 0 Å². The zero-order valence-corrected chi connectivity index (χ0v) is 17.9. The smallest absolute Gasteiger partial charge is 0.338 e. The minimum Gasteiger partial charge on any atom is -0.449 e. The van der Waals surface area contributed by atoms with Crippen LogP contribution in [0.1, 0.15) is 28.6 Å². The Morgan fingerprint density at radius 1 is 1.06 bits per heavy atom. The normalized spacial score (nSPS) is 12.1. The summed E-state index contributed by atoms with van der Waals surface area (Å²) in [7, 11) is -3.92. The molecule has 1 heterocycles.